The van der Waals surface area contributed by atoms with Crippen molar-refractivity contribution in [1.82, 2.24) is 4.31 Å². The number of anilines is 1. The van der Waals surface area contributed by atoms with Crippen LogP contribution in [0.5, 0.6) is 0 Å². The van der Waals surface area contributed by atoms with Gasteiger partial charge in [-0.3, -0.25) is 0 Å². The molecule has 0 radical (unpaired) electrons. The van der Waals surface area contributed by atoms with Crippen molar-refractivity contribution < 1.29 is 8.42 Å². The van der Waals surface area contributed by atoms with Crippen LogP contribution >= 0.6 is 0 Å². The lowest BCUT2D eigenvalue weighted by Crippen LogP contribution is -2.33. The maximum atomic E-state index is 12.7. The first-order chi connectivity index (χ1) is 9.63. The lowest BCUT2D eigenvalue weighted by molar-refractivity contribution is 0.436. The average molecular weight is 292 g/mol. The molecule has 1 heterocycles. The van der Waals surface area contributed by atoms with Crippen molar-refractivity contribution >= 4 is 15.7 Å². The van der Waals surface area contributed by atoms with Crippen LogP contribution in [0.15, 0.2) is 35.7 Å². The van der Waals surface area contributed by atoms with Gasteiger partial charge in [-0.25, -0.2) is 8.42 Å². The van der Waals surface area contributed by atoms with E-state index in [1.54, 1.807) is 22.5 Å². The van der Waals surface area contributed by atoms with Gasteiger partial charge in [-0.15, -0.1) is 6.58 Å². The molecule has 0 spiro atoms. The van der Waals surface area contributed by atoms with Crippen LogP contribution in [0.4, 0.5) is 5.69 Å². The van der Waals surface area contributed by atoms with Gasteiger partial charge in [-0.1, -0.05) is 12.1 Å². The zero-order valence-corrected chi connectivity index (χ0v) is 12.3. The minimum absolute atomic E-state index is 0.155. The Balaban J connectivity index is 1.95. The van der Waals surface area contributed by atoms with Crippen molar-refractivity contribution in [2.45, 2.75) is 36.6 Å². The monoisotopic (exact) mass is 292 g/mol. The molecule has 0 bridgehead atoms. The number of hydrogen-bond donors (Lipinski definition) is 1. The highest BCUT2D eigenvalue weighted by Crippen LogP contribution is 2.33. The molecule has 5 heteroatoms. The van der Waals surface area contributed by atoms with Crippen LogP contribution in [-0.4, -0.2) is 31.9 Å². The molecular formula is C15H20N2O2S. The summed E-state index contributed by atoms with van der Waals surface area (Å²) in [6.07, 6.45) is 5.68. The topological polar surface area (TPSA) is 49.4 Å². The predicted octanol–water partition coefficient (Wildman–Crippen LogP) is 2.38. The van der Waals surface area contributed by atoms with Crippen LogP contribution in [-0.2, 0) is 16.4 Å². The second kappa shape index (κ2) is 5.22. The summed E-state index contributed by atoms with van der Waals surface area (Å²) < 4.78 is 27.1. The summed E-state index contributed by atoms with van der Waals surface area (Å²) in [6.45, 7) is 4.97. The highest BCUT2D eigenvalue weighted by atomic mass is 32.2. The minimum atomic E-state index is -3.41. The lowest BCUT2D eigenvalue weighted by atomic mass is 10.0. The number of nitrogens with zero attached hydrogens (tertiary/aromatic N) is 1. The van der Waals surface area contributed by atoms with Gasteiger partial charge in [-0.2, -0.15) is 4.31 Å². The van der Waals surface area contributed by atoms with Crippen LogP contribution in [0, 0.1) is 0 Å². The zero-order chi connectivity index (χ0) is 14.2. The molecule has 4 nitrogen and oxygen atoms in total. The second-order valence-corrected chi connectivity index (χ2v) is 7.33. The molecule has 0 unspecified atom stereocenters. The van der Waals surface area contributed by atoms with E-state index in [0.29, 0.717) is 11.4 Å². The molecule has 1 aromatic rings. The molecule has 1 saturated carbocycles. The maximum absolute atomic E-state index is 12.7. The fraction of sp³-hybridized carbons (Fsp3) is 0.467. The summed E-state index contributed by atoms with van der Waals surface area (Å²) in [5, 5.41) is 3.29. The fourth-order valence-electron chi connectivity index (χ4n) is 2.67. The number of benzene rings is 1. The second-order valence-electron chi connectivity index (χ2n) is 5.44. The van der Waals surface area contributed by atoms with Gasteiger partial charge in [0, 0.05) is 24.8 Å². The van der Waals surface area contributed by atoms with Gasteiger partial charge >= 0.3 is 0 Å². The van der Waals surface area contributed by atoms with Crippen LogP contribution in [0.1, 0.15) is 24.8 Å². The van der Waals surface area contributed by atoms with Gasteiger partial charge in [0.05, 0.1) is 4.90 Å². The van der Waals surface area contributed by atoms with E-state index in [2.05, 4.69) is 11.9 Å². The number of rotatable bonds is 5. The highest BCUT2D eigenvalue weighted by molar-refractivity contribution is 7.89. The SMILES string of the molecule is C=CCN(C1CC1)S(=O)(=O)c1ccc2c(c1)NCCC2. The normalized spacial score (nSPS) is 18.4. The quantitative estimate of drug-likeness (QED) is 0.848. The molecule has 20 heavy (non-hydrogen) atoms. The smallest absolute Gasteiger partial charge is 0.243 e. The molecule has 1 aliphatic carbocycles. The fourth-order valence-corrected chi connectivity index (χ4v) is 4.35. The van der Waals surface area contributed by atoms with E-state index in [-0.39, 0.29) is 6.04 Å². The lowest BCUT2D eigenvalue weighted by Gasteiger charge is -2.23. The summed E-state index contributed by atoms with van der Waals surface area (Å²) in [5.74, 6) is 0. The Labute approximate surface area is 120 Å². The highest BCUT2D eigenvalue weighted by Gasteiger charge is 2.37. The molecule has 0 atom stereocenters. The van der Waals surface area contributed by atoms with Crippen LogP contribution in [0.25, 0.3) is 0 Å². The summed E-state index contributed by atoms with van der Waals surface area (Å²) in [5.41, 5.74) is 2.17. The number of hydrogen-bond acceptors (Lipinski definition) is 3. The summed E-state index contributed by atoms with van der Waals surface area (Å²) in [6, 6.07) is 5.61. The van der Waals surface area contributed by atoms with Crippen molar-refractivity contribution in [3.05, 3.63) is 36.4 Å². The molecule has 1 N–H and O–H groups in total. The predicted molar refractivity (Wildman–Crippen MR) is 80.4 cm³/mol. The first-order valence-corrected chi connectivity index (χ1v) is 8.56. The van der Waals surface area contributed by atoms with E-state index in [0.717, 1.165) is 37.9 Å². The number of nitrogens with one attached hydrogen (secondary N) is 1. The maximum Gasteiger partial charge on any atom is 0.243 e. The summed E-state index contributed by atoms with van der Waals surface area (Å²) in [7, 11) is -3.41. The first kappa shape index (κ1) is 13.6. The number of aryl methyl sites for hydroxylation is 1. The van der Waals surface area contributed by atoms with E-state index < -0.39 is 10.0 Å². The van der Waals surface area contributed by atoms with E-state index in [9.17, 15) is 8.42 Å². The van der Waals surface area contributed by atoms with Gasteiger partial charge in [0.2, 0.25) is 10.0 Å². The molecular weight excluding hydrogens is 272 g/mol. The molecule has 1 aromatic carbocycles. The molecule has 3 rings (SSSR count). The molecule has 1 aliphatic heterocycles. The zero-order valence-electron chi connectivity index (χ0n) is 11.5. The van der Waals surface area contributed by atoms with E-state index in [1.165, 1.54) is 5.56 Å². The molecule has 0 saturated heterocycles. The molecule has 1 fully saturated rings. The van der Waals surface area contributed by atoms with Gasteiger partial charge < -0.3 is 5.32 Å². The van der Waals surface area contributed by atoms with E-state index in [1.807, 2.05) is 6.07 Å². The molecule has 2 aliphatic rings. The molecule has 0 aromatic heterocycles. The van der Waals surface area contributed by atoms with Crippen molar-refractivity contribution in [1.29, 1.82) is 0 Å². The van der Waals surface area contributed by atoms with Gasteiger partial charge in [0.1, 0.15) is 0 Å². The third kappa shape index (κ3) is 2.47. The first-order valence-electron chi connectivity index (χ1n) is 7.12. The van der Waals surface area contributed by atoms with E-state index in [4.69, 9.17) is 0 Å². The third-order valence-electron chi connectivity index (χ3n) is 3.89. The van der Waals surface area contributed by atoms with Crippen molar-refractivity contribution in [3.63, 3.8) is 0 Å². The summed E-state index contributed by atoms with van der Waals surface area (Å²) in [4.78, 5) is 0.388. The van der Waals surface area contributed by atoms with Crippen molar-refractivity contribution in [2.24, 2.45) is 0 Å². The number of fused-ring (bicyclic) bond motifs is 1. The third-order valence-corrected chi connectivity index (χ3v) is 5.80. The Morgan fingerprint density at radius 1 is 1.40 bits per heavy atom. The molecule has 108 valence electrons. The Morgan fingerprint density at radius 2 is 2.20 bits per heavy atom. The Hall–Kier alpha value is -1.33. The van der Waals surface area contributed by atoms with Crippen molar-refractivity contribution in [3.8, 4) is 0 Å². The van der Waals surface area contributed by atoms with Crippen LogP contribution < -0.4 is 5.32 Å². The average Bonchev–Trinajstić information content (AvgIpc) is 3.28. The van der Waals surface area contributed by atoms with E-state index >= 15 is 0 Å². The van der Waals surface area contributed by atoms with Crippen LogP contribution in [0.3, 0.4) is 0 Å². The van der Waals surface area contributed by atoms with Crippen molar-refractivity contribution in [2.75, 3.05) is 18.4 Å². The molecule has 0 amide bonds. The Kier molecular flexibility index (Phi) is 3.56. The summed E-state index contributed by atoms with van der Waals surface area (Å²) >= 11 is 0. The Bertz CT molecular complexity index is 621. The standard InChI is InChI=1S/C15H20N2O2S/c1-2-10-17(13-6-7-13)20(18,19)14-8-5-12-4-3-9-16-15(12)11-14/h2,5,8,11,13,16H,1,3-4,6-7,9-10H2. The van der Waals surface area contributed by atoms with Gasteiger partial charge in [0.25, 0.3) is 0 Å². The number of sulfonamides is 1. The Morgan fingerprint density at radius 3 is 2.90 bits per heavy atom. The largest absolute Gasteiger partial charge is 0.385 e. The van der Waals surface area contributed by atoms with Gasteiger partial charge in [0.15, 0.2) is 0 Å². The minimum Gasteiger partial charge on any atom is -0.385 e. The van der Waals surface area contributed by atoms with Crippen LogP contribution in [0.2, 0.25) is 0 Å². The van der Waals surface area contributed by atoms with Gasteiger partial charge in [-0.05, 0) is 43.4 Å².